The Morgan fingerprint density at radius 3 is 2.50 bits per heavy atom. The Hall–Kier alpha value is -2.51. The van der Waals surface area contributed by atoms with Gasteiger partial charge < -0.3 is 9.26 Å². The first kappa shape index (κ1) is 14.4. The van der Waals surface area contributed by atoms with E-state index < -0.39 is 5.97 Å². The summed E-state index contributed by atoms with van der Waals surface area (Å²) in [6.07, 6.45) is 4.88. The molecule has 0 spiro atoms. The minimum Gasteiger partial charge on any atom is -0.454 e. The van der Waals surface area contributed by atoms with Crippen LogP contribution in [-0.2, 0) is 25.7 Å². The normalized spacial score (nSPS) is 23.8. The predicted molar refractivity (Wildman–Crippen MR) is 70.9 cm³/mol. The fourth-order valence-electron chi connectivity index (χ4n) is 2.74. The monoisotopic (exact) mass is 305 g/mol. The molecular formula is C14H15N3O5. The Morgan fingerprint density at radius 1 is 1.32 bits per heavy atom. The number of fused-ring (bicyclic) bond motifs is 1. The molecule has 2 aliphatic rings. The smallest absolute Gasteiger partial charge is 0.326 e. The predicted octanol–water partition coefficient (Wildman–Crippen LogP) is 0.372. The van der Waals surface area contributed by atoms with Gasteiger partial charge in [0.15, 0.2) is 12.4 Å². The lowest BCUT2D eigenvalue weighted by atomic mass is 9.85. The van der Waals surface area contributed by atoms with Gasteiger partial charge in [0, 0.05) is 0 Å². The van der Waals surface area contributed by atoms with Gasteiger partial charge in [0.1, 0.15) is 6.54 Å². The lowest BCUT2D eigenvalue weighted by molar-refractivity contribution is -0.154. The maximum absolute atomic E-state index is 12.2. The molecule has 1 aromatic heterocycles. The second kappa shape index (κ2) is 5.70. The van der Waals surface area contributed by atoms with Gasteiger partial charge in [-0.2, -0.15) is 4.98 Å². The number of imide groups is 1. The molecule has 0 bridgehead atoms. The molecule has 1 aliphatic carbocycles. The van der Waals surface area contributed by atoms with E-state index in [2.05, 4.69) is 10.1 Å². The van der Waals surface area contributed by atoms with Crippen LogP contribution in [0.25, 0.3) is 0 Å². The Kier molecular flexibility index (Phi) is 3.74. The molecule has 0 N–H and O–H groups in total. The van der Waals surface area contributed by atoms with E-state index in [9.17, 15) is 14.4 Å². The van der Waals surface area contributed by atoms with E-state index in [1.165, 1.54) is 0 Å². The van der Waals surface area contributed by atoms with Crippen molar-refractivity contribution in [2.45, 2.75) is 26.4 Å². The maximum atomic E-state index is 12.2. The molecular weight excluding hydrogens is 290 g/mol. The third-order valence-corrected chi connectivity index (χ3v) is 3.81. The van der Waals surface area contributed by atoms with Gasteiger partial charge in [0.2, 0.25) is 11.8 Å². The summed E-state index contributed by atoms with van der Waals surface area (Å²) in [6.45, 7) is 1.09. The molecule has 1 aliphatic heterocycles. The molecule has 8 heteroatoms. The first-order chi connectivity index (χ1) is 10.6. The molecule has 1 aromatic rings. The van der Waals surface area contributed by atoms with Crippen LogP contribution in [0.4, 0.5) is 0 Å². The molecule has 0 saturated carbocycles. The molecule has 2 amide bonds. The van der Waals surface area contributed by atoms with Crippen LogP contribution in [0.1, 0.15) is 24.6 Å². The molecule has 0 aromatic carbocycles. The summed E-state index contributed by atoms with van der Waals surface area (Å²) in [4.78, 5) is 41.1. The molecule has 0 radical (unpaired) electrons. The average Bonchev–Trinajstić information content (AvgIpc) is 3.03. The fraction of sp³-hybridized carbons (Fsp3) is 0.500. The van der Waals surface area contributed by atoms with Crippen molar-refractivity contribution in [3.63, 3.8) is 0 Å². The van der Waals surface area contributed by atoms with Gasteiger partial charge in [-0.3, -0.25) is 19.3 Å². The van der Waals surface area contributed by atoms with E-state index in [1.807, 2.05) is 12.2 Å². The van der Waals surface area contributed by atoms with Crippen molar-refractivity contribution in [2.24, 2.45) is 11.8 Å². The van der Waals surface area contributed by atoms with Crippen LogP contribution < -0.4 is 0 Å². The average molecular weight is 305 g/mol. The van der Waals surface area contributed by atoms with Crippen LogP contribution in [0.3, 0.4) is 0 Å². The second-order valence-corrected chi connectivity index (χ2v) is 5.31. The summed E-state index contributed by atoms with van der Waals surface area (Å²) < 4.78 is 9.77. The van der Waals surface area contributed by atoms with Gasteiger partial charge in [0.25, 0.3) is 5.89 Å². The van der Waals surface area contributed by atoms with E-state index in [1.54, 1.807) is 6.92 Å². The highest BCUT2D eigenvalue weighted by Crippen LogP contribution is 2.34. The summed E-state index contributed by atoms with van der Waals surface area (Å²) in [5, 5.41) is 3.57. The van der Waals surface area contributed by atoms with E-state index >= 15 is 0 Å². The van der Waals surface area contributed by atoms with Crippen molar-refractivity contribution >= 4 is 17.8 Å². The van der Waals surface area contributed by atoms with Gasteiger partial charge in [-0.1, -0.05) is 17.3 Å². The summed E-state index contributed by atoms with van der Waals surface area (Å²) in [5.41, 5.74) is 0. The van der Waals surface area contributed by atoms with Crippen LogP contribution in [0.5, 0.6) is 0 Å². The lowest BCUT2D eigenvalue weighted by Crippen LogP contribution is -2.36. The highest BCUT2D eigenvalue weighted by Gasteiger charge is 2.47. The summed E-state index contributed by atoms with van der Waals surface area (Å²) in [5.74, 6) is -1.36. The zero-order valence-corrected chi connectivity index (χ0v) is 12.0. The van der Waals surface area contributed by atoms with Crippen LogP contribution >= 0.6 is 0 Å². The maximum Gasteiger partial charge on any atom is 0.326 e. The molecule has 1 saturated heterocycles. The first-order valence-corrected chi connectivity index (χ1v) is 7.01. The SMILES string of the molecule is Cc1noc(COC(=O)CN2C(=O)[C@H]3CC=CC[C@@H]3C2=O)n1. The number of rotatable bonds is 4. The highest BCUT2D eigenvalue weighted by molar-refractivity contribution is 6.07. The van der Waals surface area contributed by atoms with E-state index in [4.69, 9.17) is 9.26 Å². The number of carbonyl (C=O) groups is 3. The zero-order chi connectivity index (χ0) is 15.7. The molecule has 1 fully saturated rings. The number of aryl methyl sites for hydroxylation is 1. The van der Waals surface area contributed by atoms with E-state index in [0.717, 1.165) is 4.90 Å². The molecule has 2 atom stereocenters. The third-order valence-electron chi connectivity index (χ3n) is 3.81. The molecule has 2 heterocycles. The second-order valence-electron chi connectivity index (χ2n) is 5.31. The van der Waals surface area contributed by atoms with Gasteiger partial charge in [-0.25, -0.2) is 0 Å². The van der Waals surface area contributed by atoms with Crippen molar-refractivity contribution in [2.75, 3.05) is 6.54 Å². The first-order valence-electron chi connectivity index (χ1n) is 7.01. The number of ether oxygens (including phenoxy) is 1. The van der Waals surface area contributed by atoms with E-state index in [0.29, 0.717) is 18.7 Å². The number of esters is 1. The van der Waals surface area contributed by atoms with Gasteiger partial charge in [0.05, 0.1) is 11.8 Å². The summed E-state index contributed by atoms with van der Waals surface area (Å²) in [6, 6.07) is 0. The number of hydrogen-bond donors (Lipinski definition) is 0. The van der Waals surface area contributed by atoms with Crippen LogP contribution in [0, 0.1) is 18.8 Å². The van der Waals surface area contributed by atoms with Crippen molar-refractivity contribution < 1.29 is 23.6 Å². The van der Waals surface area contributed by atoms with Crippen molar-refractivity contribution in [1.29, 1.82) is 0 Å². The topological polar surface area (TPSA) is 103 Å². The Labute approximate surface area is 126 Å². The number of nitrogens with zero attached hydrogens (tertiary/aromatic N) is 3. The van der Waals surface area contributed by atoms with Crippen LogP contribution in [0.15, 0.2) is 16.7 Å². The van der Waals surface area contributed by atoms with Crippen LogP contribution in [-0.4, -0.2) is 39.4 Å². The molecule has 0 unspecified atom stereocenters. The molecule has 22 heavy (non-hydrogen) atoms. The number of hydrogen-bond acceptors (Lipinski definition) is 7. The Bertz CT molecular complexity index is 625. The Morgan fingerprint density at radius 2 is 1.95 bits per heavy atom. The van der Waals surface area contributed by atoms with Crippen molar-refractivity contribution in [1.82, 2.24) is 15.0 Å². The largest absolute Gasteiger partial charge is 0.454 e. The van der Waals surface area contributed by atoms with Gasteiger partial charge in [-0.15, -0.1) is 0 Å². The van der Waals surface area contributed by atoms with E-state index in [-0.39, 0.29) is 42.7 Å². The molecule has 3 rings (SSSR count). The fourth-order valence-corrected chi connectivity index (χ4v) is 2.74. The molecule has 116 valence electrons. The van der Waals surface area contributed by atoms with Gasteiger partial charge in [-0.05, 0) is 19.8 Å². The number of carbonyl (C=O) groups excluding carboxylic acids is 3. The number of allylic oxidation sites excluding steroid dienone is 2. The minimum atomic E-state index is -0.677. The standard InChI is InChI=1S/C14H15N3O5/c1-8-15-11(22-16-8)7-21-12(18)6-17-13(19)9-4-2-3-5-10(9)14(17)20/h2-3,9-10H,4-7H2,1H3/t9-,10-/m0/s1. The minimum absolute atomic E-state index is 0.169. The quantitative estimate of drug-likeness (QED) is 0.450. The summed E-state index contributed by atoms with van der Waals surface area (Å²) >= 11 is 0. The van der Waals surface area contributed by atoms with Crippen molar-refractivity contribution in [3.8, 4) is 0 Å². The summed E-state index contributed by atoms with van der Waals surface area (Å²) in [7, 11) is 0. The number of likely N-dealkylation sites (tertiary alicyclic amines) is 1. The Balaban J connectivity index is 1.57. The third kappa shape index (κ3) is 2.63. The zero-order valence-electron chi connectivity index (χ0n) is 12.0. The van der Waals surface area contributed by atoms with Crippen LogP contribution in [0.2, 0.25) is 0 Å². The highest BCUT2D eigenvalue weighted by atomic mass is 16.6. The number of amides is 2. The number of aromatic nitrogens is 2. The molecule has 8 nitrogen and oxygen atoms in total. The lowest BCUT2D eigenvalue weighted by Gasteiger charge is -2.14. The van der Waals surface area contributed by atoms with Crippen molar-refractivity contribution in [3.05, 3.63) is 23.9 Å². The van der Waals surface area contributed by atoms with Gasteiger partial charge >= 0.3 is 5.97 Å².